The molecule has 0 amide bonds. The average Bonchev–Trinajstić information content (AvgIpc) is 3.09. The van der Waals surface area contributed by atoms with Crippen molar-refractivity contribution in [2.75, 3.05) is 13.1 Å². The van der Waals surface area contributed by atoms with Gasteiger partial charge in [0.15, 0.2) is 0 Å². The monoisotopic (exact) mass is 327 g/mol. The zero-order valence-corrected chi connectivity index (χ0v) is 14.8. The van der Waals surface area contributed by atoms with E-state index < -0.39 is 0 Å². The highest BCUT2D eigenvalue weighted by Gasteiger charge is 2.23. The largest absolute Gasteiger partial charge is 0.468 e. The number of aromatic nitrogens is 1. The predicted molar refractivity (Wildman–Crippen MR) is 96.6 cm³/mol. The molecule has 1 aliphatic rings. The van der Waals surface area contributed by atoms with Gasteiger partial charge in [0.25, 0.3) is 0 Å². The molecule has 1 aliphatic heterocycles. The van der Waals surface area contributed by atoms with Crippen molar-refractivity contribution in [3.63, 3.8) is 0 Å². The van der Waals surface area contributed by atoms with Crippen molar-refractivity contribution in [1.82, 2.24) is 15.2 Å². The standard InChI is InChI=1S/C20H29N3O/c1-16(2)13-20(17-5-3-9-21-14-17)22-18-7-10-23(11-8-18)15-19-6-4-12-24-19/h3-6,9,12,14,16,18,20,22H,7-8,10-11,13,15H2,1-2H3. The Hall–Kier alpha value is -1.65. The maximum Gasteiger partial charge on any atom is 0.117 e. The van der Waals surface area contributed by atoms with Gasteiger partial charge >= 0.3 is 0 Å². The van der Waals surface area contributed by atoms with E-state index in [-0.39, 0.29) is 0 Å². The first kappa shape index (κ1) is 17.2. The SMILES string of the molecule is CC(C)CC(NC1CCN(Cc2ccco2)CC1)c1cccnc1. The third-order valence-corrected chi connectivity index (χ3v) is 4.78. The van der Waals surface area contributed by atoms with Gasteiger partial charge in [-0.05, 0) is 48.9 Å². The van der Waals surface area contributed by atoms with Crippen molar-refractivity contribution >= 4 is 0 Å². The first-order valence-corrected chi connectivity index (χ1v) is 9.11. The molecular formula is C20H29N3O. The summed E-state index contributed by atoms with van der Waals surface area (Å²) >= 11 is 0. The Morgan fingerprint density at radius 3 is 2.71 bits per heavy atom. The molecule has 0 aromatic carbocycles. The summed E-state index contributed by atoms with van der Waals surface area (Å²) in [6.45, 7) is 7.76. The lowest BCUT2D eigenvalue weighted by molar-refractivity contribution is 0.170. The van der Waals surface area contributed by atoms with Crippen LogP contribution >= 0.6 is 0 Å². The molecule has 0 spiro atoms. The summed E-state index contributed by atoms with van der Waals surface area (Å²) in [6.07, 6.45) is 9.15. The van der Waals surface area contributed by atoms with Crippen molar-refractivity contribution in [2.45, 2.75) is 51.7 Å². The molecule has 2 aromatic heterocycles. The molecule has 3 rings (SSSR count). The van der Waals surface area contributed by atoms with E-state index in [1.54, 1.807) is 6.26 Å². The van der Waals surface area contributed by atoms with Gasteiger partial charge in [-0.15, -0.1) is 0 Å². The second-order valence-corrected chi connectivity index (χ2v) is 7.26. The highest BCUT2D eigenvalue weighted by atomic mass is 16.3. The van der Waals surface area contributed by atoms with Gasteiger partial charge in [-0.3, -0.25) is 9.88 Å². The molecule has 4 nitrogen and oxygen atoms in total. The number of nitrogens with one attached hydrogen (secondary N) is 1. The Morgan fingerprint density at radius 1 is 1.25 bits per heavy atom. The third-order valence-electron chi connectivity index (χ3n) is 4.78. The van der Waals surface area contributed by atoms with Crippen LogP contribution in [0.4, 0.5) is 0 Å². The van der Waals surface area contributed by atoms with Crippen LogP contribution < -0.4 is 5.32 Å². The molecule has 2 aromatic rings. The van der Waals surface area contributed by atoms with Gasteiger partial charge in [-0.2, -0.15) is 0 Å². The van der Waals surface area contributed by atoms with E-state index in [0.29, 0.717) is 18.0 Å². The Balaban J connectivity index is 1.53. The first-order chi connectivity index (χ1) is 11.7. The molecule has 0 aliphatic carbocycles. The van der Waals surface area contributed by atoms with Crippen LogP contribution in [0.1, 0.15) is 50.5 Å². The average molecular weight is 327 g/mol. The summed E-state index contributed by atoms with van der Waals surface area (Å²) in [5, 5.41) is 3.89. The van der Waals surface area contributed by atoms with Crippen LogP contribution in [0.2, 0.25) is 0 Å². The lowest BCUT2D eigenvalue weighted by Crippen LogP contribution is -2.43. The van der Waals surface area contributed by atoms with Crippen LogP contribution in [0.5, 0.6) is 0 Å². The van der Waals surface area contributed by atoms with Crippen molar-refractivity contribution in [3.05, 3.63) is 54.2 Å². The minimum absolute atomic E-state index is 0.403. The zero-order valence-electron chi connectivity index (χ0n) is 14.8. The highest BCUT2D eigenvalue weighted by molar-refractivity contribution is 5.14. The molecule has 1 N–H and O–H groups in total. The minimum atomic E-state index is 0.403. The predicted octanol–water partition coefficient (Wildman–Crippen LogP) is 4.02. The molecular weight excluding hydrogens is 298 g/mol. The minimum Gasteiger partial charge on any atom is -0.468 e. The maximum absolute atomic E-state index is 5.46. The highest BCUT2D eigenvalue weighted by Crippen LogP contribution is 2.24. The van der Waals surface area contributed by atoms with Gasteiger partial charge in [-0.25, -0.2) is 0 Å². The Morgan fingerprint density at radius 2 is 2.08 bits per heavy atom. The number of hydrogen-bond donors (Lipinski definition) is 1. The second kappa shape index (κ2) is 8.45. The van der Waals surface area contributed by atoms with Crippen LogP contribution in [0, 0.1) is 5.92 Å². The lowest BCUT2D eigenvalue weighted by Gasteiger charge is -2.34. The van der Waals surface area contributed by atoms with Gasteiger partial charge in [0, 0.05) is 37.6 Å². The Bertz CT molecular complexity index is 574. The molecule has 4 heteroatoms. The van der Waals surface area contributed by atoms with Gasteiger partial charge in [0.2, 0.25) is 0 Å². The van der Waals surface area contributed by atoms with Crippen LogP contribution in [0.15, 0.2) is 47.3 Å². The maximum atomic E-state index is 5.46. The van der Waals surface area contributed by atoms with Crippen LogP contribution in [-0.2, 0) is 6.54 Å². The fourth-order valence-corrected chi connectivity index (χ4v) is 3.52. The van der Waals surface area contributed by atoms with E-state index in [1.165, 1.54) is 18.4 Å². The van der Waals surface area contributed by atoms with E-state index in [9.17, 15) is 0 Å². The number of furan rings is 1. The Kier molecular flexibility index (Phi) is 6.05. The summed E-state index contributed by atoms with van der Waals surface area (Å²) < 4.78 is 5.46. The fraction of sp³-hybridized carbons (Fsp3) is 0.550. The van der Waals surface area contributed by atoms with Gasteiger partial charge in [0.05, 0.1) is 12.8 Å². The number of piperidine rings is 1. The number of nitrogens with zero attached hydrogens (tertiary/aromatic N) is 2. The number of likely N-dealkylation sites (tertiary alicyclic amines) is 1. The summed E-state index contributed by atoms with van der Waals surface area (Å²) in [5.41, 5.74) is 1.31. The molecule has 0 radical (unpaired) electrons. The van der Waals surface area contributed by atoms with E-state index >= 15 is 0 Å². The number of hydrogen-bond acceptors (Lipinski definition) is 4. The molecule has 0 saturated carbocycles. The molecule has 1 saturated heterocycles. The van der Waals surface area contributed by atoms with Crippen LogP contribution in [0.25, 0.3) is 0 Å². The quantitative estimate of drug-likeness (QED) is 0.834. The summed E-state index contributed by atoms with van der Waals surface area (Å²) in [5.74, 6) is 1.73. The lowest BCUT2D eigenvalue weighted by atomic mass is 9.95. The molecule has 24 heavy (non-hydrogen) atoms. The smallest absolute Gasteiger partial charge is 0.117 e. The normalized spacial score (nSPS) is 18.1. The van der Waals surface area contributed by atoms with Gasteiger partial charge < -0.3 is 9.73 Å². The molecule has 1 fully saturated rings. The van der Waals surface area contributed by atoms with E-state index in [4.69, 9.17) is 4.42 Å². The number of pyridine rings is 1. The molecule has 0 bridgehead atoms. The molecule has 3 heterocycles. The van der Waals surface area contributed by atoms with Crippen molar-refractivity contribution < 1.29 is 4.42 Å². The van der Waals surface area contributed by atoms with Gasteiger partial charge in [-0.1, -0.05) is 19.9 Å². The fourth-order valence-electron chi connectivity index (χ4n) is 3.52. The van der Waals surface area contributed by atoms with Crippen LogP contribution in [0.3, 0.4) is 0 Å². The molecule has 130 valence electrons. The number of rotatable bonds is 7. The van der Waals surface area contributed by atoms with E-state index in [1.807, 2.05) is 24.5 Å². The summed E-state index contributed by atoms with van der Waals surface area (Å²) in [4.78, 5) is 6.79. The second-order valence-electron chi connectivity index (χ2n) is 7.26. The van der Waals surface area contributed by atoms with Crippen LogP contribution in [-0.4, -0.2) is 29.0 Å². The Labute approximate surface area is 145 Å². The third kappa shape index (κ3) is 4.92. The van der Waals surface area contributed by atoms with Gasteiger partial charge in [0.1, 0.15) is 5.76 Å². The van der Waals surface area contributed by atoms with E-state index in [2.05, 4.69) is 41.2 Å². The first-order valence-electron chi connectivity index (χ1n) is 9.11. The summed E-state index contributed by atoms with van der Waals surface area (Å²) in [7, 11) is 0. The van der Waals surface area contributed by atoms with Crippen molar-refractivity contribution in [3.8, 4) is 0 Å². The zero-order chi connectivity index (χ0) is 16.8. The van der Waals surface area contributed by atoms with Crippen molar-refractivity contribution in [1.29, 1.82) is 0 Å². The topological polar surface area (TPSA) is 41.3 Å². The van der Waals surface area contributed by atoms with E-state index in [0.717, 1.165) is 31.8 Å². The van der Waals surface area contributed by atoms with Crippen molar-refractivity contribution in [2.24, 2.45) is 5.92 Å². The molecule has 1 atom stereocenters. The molecule has 1 unspecified atom stereocenters. The summed E-state index contributed by atoms with van der Waals surface area (Å²) in [6, 6.07) is 9.25.